The van der Waals surface area contributed by atoms with Crippen molar-refractivity contribution in [3.63, 3.8) is 0 Å². The molecule has 0 amide bonds. The van der Waals surface area contributed by atoms with Gasteiger partial charge in [-0.05, 0) is 36.4 Å². The summed E-state index contributed by atoms with van der Waals surface area (Å²) < 4.78 is 10.6. The molecule has 0 saturated heterocycles. The van der Waals surface area contributed by atoms with Crippen LogP contribution in [0.4, 0.5) is 5.95 Å². The summed E-state index contributed by atoms with van der Waals surface area (Å²) in [5, 5.41) is 11.5. The highest BCUT2D eigenvalue weighted by atomic mass is 32.2. The highest BCUT2D eigenvalue weighted by Gasteiger charge is 2.10. The number of anilines is 1. The Morgan fingerprint density at radius 3 is 2.83 bits per heavy atom. The Morgan fingerprint density at radius 1 is 1.26 bits per heavy atom. The fourth-order valence-corrected chi connectivity index (χ4v) is 2.36. The van der Waals surface area contributed by atoms with Gasteiger partial charge >= 0.3 is 0 Å². The average molecular weight is 332 g/mol. The minimum absolute atomic E-state index is 0.513. The molecular weight excluding hydrogens is 316 g/mol. The smallest absolute Gasteiger partial charge is 0.265 e. The topological polar surface area (TPSA) is 96.9 Å². The van der Waals surface area contributed by atoms with Gasteiger partial charge in [-0.2, -0.15) is 4.98 Å². The molecule has 0 fully saturated rings. The standard InChI is InChI=1S/C14H16N6O2S/c1-9-4-5-10(21-9)6-7-11-15-14(18-17-11)23-8-12-16-13(19-22-12)20(2)3/h4-7H,8H2,1-3H3,(H,15,17,18)/b7-6+. The second kappa shape index (κ2) is 6.69. The lowest BCUT2D eigenvalue weighted by molar-refractivity contribution is 0.390. The number of rotatable bonds is 6. The van der Waals surface area contributed by atoms with E-state index in [4.69, 9.17) is 8.94 Å². The average Bonchev–Trinajstić information content (AvgIpc) is 3.24. The highest BCUT2D eigenvalue weighted by molar-refractivity contribution is 7.98. The van der Waals surface area contributed by atoms with E-state index in [9.17, 15) is 0 Å². The third-order valence-electron chi connectivity index (χ3n) is 2.83. The summed E-state index contributed by atoms with van der Waals surface area (Å²) in [6, 6.07) is 3.81. The van der Waals surface area contributed by atoms with E-state index in [1.165, 1.54) is 11.8 Å². The summed E-state index contributed by atoms with van der Waals surface area (Å²) in [4.78, 5) is 10.4. The quantitative estimate of drug-likeness (QED) is 0.688. The fourth-order valence-electron chi connectivity index (χ4n) is 1.71. The van der Waals surface area contributed by atoms with Gasteiger partial charge in [0.1, 0.15) is 17.3 Å². The van der Waals surface area contributed by atoms with Crippen molar-refractivity contribution in [2.75, 3.05) is 19.0 Å². The van der Waals surface area contributed by atoms with Crippen LogP contribution in [0, 0.1) is 6.92 Å². The van der Waals surface area contributed by atoms with Crippen LogP contribution in [0.1, 0.15) is 23.2 Å². The molecule has 0 aliphatic heterocycles. The number of aromatic nitrogens is 5. The van der Waals surface area contributed by atoms with Gasteiger partial charge in [-0.3, -0.25) is 5.10 Å². The molecule has 0 unspecified atom stereocenters. The Bertz CT molecular complexity index is 804. The molecule has 3 aromatic heterocycles. The Labute approximate surface area is 137 Å². The van der Waals surface area contributed by atoms with Crippen molar-refractivity contribution in [1.82, 2.24) is 25.3 Å². The van der Waals surface area contributed by atoms with Crippen molar-refractivity contribution < 1.29 is 8.94 Å². The van der Waals surface area contributed by atoms with Crippen molar-refractivity contribution >= 4 is 29.9 Å². The molecule has 0 aliphatic rings. The first-order valence-electron chi connectivity index (χ1n) is 6.90. The van der Waals surface area contributed by atoms with E-state index in [1.54, 1.807) is 4.90 Å². The molecule has 0 atom stereocenters. The molecule has 9 heteroatoms. The Balaban J connectivity index is 1.57. The van der Waals surface area contributed by atoms with Crippen LogP contribution in [0.5, 0.6) is 0 Å². The zero-order valence-electron chi connectivity index (χ0n) is 13.0. The van der Waals surface area contributed by atoms with Crippen LogP contribution < -0.4 is 4.90 Å². The summed E-state index contributed by atoms with van der Waals surface area (Å²) in [7, 11) is 3.71. The molecule has 3 heterocycles. The van der Waals surface area contributed by atoms with Crippen LogP contribution in [-0.4, -0.2) is 39.4 Å². The van der Waals surface area contributed by atoms with Gasteiger partial charge in [-0.1, -0.05) is 11.8 Å². The van der Waals surface area contributed by atoms with Crippen LogP contribution in [0.2, 0.25) is 0 Å². The monoisotopic (exact) mass is 332 g/mol. The number of furan rings is 1. The van der Waals surface area contributed by atoms with E-state index in [0.717, 1.165) is 11.5 Å². The second-order valence-electron chi connectivity index (χ2n) is 4.96. The predicted molar refractivity (Wildman–Crippen MR) is 86.9 cm³/mol. The predicted octanol–water partition coefficient (Wildman–Crippen LogP) is 2.62. The minimum Gasteiger partial charge on any atom is -0.462 e. The second-order valence-corrected chi connectivity index (χ2v) is 5.90. The van der Waals surface area contributed by atoms with Gasteiger partial charge in [-0.25, -0.2) is 4.98 Å². The third-order valence-corrected chi connectivity index (χ3v) is 3.66. The number of nitrogens with zero attached hydrogens (tertiary/aromatic N) is 5. The molecule has 0 saturated carbocycles. The summed E-state index contributed by atoms with van der Waals surface area (Å²) in [5.74, 6) is 3.89. The van der Waals surface area contributed by atoms with Gasteiger partial charge < -0.3 is 13.8 Å². The van der Waals surface area contributed by atoms with E-state index >= 15 is 0 Å². The maximum absolute atomic E-state index is 5.45. The van der Waals surface area contributed by atoms with Crippen molar-refractivity contribution in [1.29, 1.82) is 0 Å². The number of nitrogens with one attached hydrogen (secondary N) is 1. The molecule has 1 N–H and O–H groups in total. The molecule has 0 bridgehead atoms. The van der Waals surface area contributed by atoms with E-state index in [2.05, 4.69) is 25.3 Å². The molecule has 0 spiro atoms. The van der Waals surface area contributed by atoms with E-state index < -0.39 is 0 Å². The maximum atomic E-state index is 5.45. The molecule has 120 valence electrons. The molecule has 0 radical (unpaired) electrons. The lowest BCUT2D eigenvalue weighted by Gasteiger charge is -2.02. The van der Waals surface area contributed by atoms with Gasteiger partial charge in [0.05, 0.1) is 5.75 Å². The molecule has 0 aliphatic carbocycles. The van der Waals surface area contributed by atoms with Crippen molar-refractivity contribution in [3.05, 3.63) is 35.4 Å². The first-order valence-corrected chi connectivity index (χ1v) is 7.88. The Morgan fingerprint density at radius 2 is 2.13 bits per heavy atom. The van der Waals surface area contributed by atoms with Crippen molar-refractivity contribution in [3.8, 4) is 0 Å². The van der Waals surface area contributed by atoms with Crippen molar-refractivity contribution in [2.45, 2.75) is 17.8 Å². The molecule has 23 heavy (non-hydrogen) atoms. The van der Waals surface area contributed by atoms with E-state index in [0.29, 0.717) is 28.6 Å². The third kappa shape index (κ3) is 4.01. The summed E-state index contributed by atoms with van der Waals surface area (Å²) in [6.07, 6.45) is 3.65. The fraction of sp³-hybridized carbons (Fsp3) is 0.286. The maximum Gasteiger partial charge on any atom is 0.265 e. The van der Waals surface area contributed by atoms with Crippen LogP contribution in [0.3, 0.4) is 0 Å². The summed E-state index contributed by atoms with van der Waals surface area (Å²) in [5.41, 5.74) is 0. The lowest BCUT2D eigenvalue weighted by Crippen LogP contribution is -2.10. The first kappa shape index (κ1) is 15.3. The zero-order chi connectivity index (χ0) is 16.2. The minimum atomic E-state index is 0.513. The SMILES string of the molecule is Cc1ccc(/C=C/c2nc(SCc3nc(N(C)C)no3)n[nH]2)o1. The largest absolute Gasteiger partial charge is 0.462 e. The van der Waals surface area contributed by atoms with Crippen LogP contribution >= 0.6 is 11.8 Å². The number of hydrogen-bond donors (Lipinski definition) is 1. The number of H-pyrrole nitrogens is 1. The first-order chi connectivity index (χ1) is 11.1. The lowest BCUT2D eigenvalue weighted by atomic mass is 10.4. The van der Waals surface area contributed by atoms with Gasteiger partial charge in [0.2, 0.25) is 11.0 Å². The normalized spacial score (nSPS) is 11.4. The van der Waals surface area contributed by atoms with Crippen LogP contribution in [-0.2, 0) is 5.75 Å². The van der Waals surface area contributed by atoms with Crippen LogP contribution in [0.25, 0.3) is 12.2 Å². The molecule has 3 aromatic rings. The Hall–Kier alpha value is -2.55. The summed E-state index contributed by atoms with van der Waals surface area (Å²) in [6.45, 7) is 1.90. The number of aryl methyl sites for hydroxylation is 1. The molecule has 3 rings (SSSR count). The van der Waals surface area contributed by atoms with Crippen LogP contribution in [0.15, 0.2) is 26.2 Å². The van der Waals surface area contributed by atoms with Gasteiger partial charge in [0, 0.05) is 14.1 Å². The number of hydrogen-bond acceptors (Lipinski definition) is 8. The zero-order valence-corrected chi connectivity index (χ0v) is 13.8. The number of thioether (sulfide) groups is 1. The molecule has 8 nitrogen and oxygen atoms in total. The van der Waals surface area contributed by atoms with E-state index in [-0.39, 0.29) is 0 Å². The number of aromatic amines is 1. The highest BCUT2D eigenvalue weighted by Crippen LogP contribution is 2.19. The van der Waals surface area contributed by atoms with Gasteiger partial charge in [0.25, 0.3) is 5.95 Å². The molecular formula is C14H16N6O2S. The van der Waals surface area contributed by atoms with Crippen molar-refractivity contribution in [2.24, 2.45) is 0 Å². The molecule has 0 aromatic carbocycles. The van der Waals surface area contributed by atoms with Gasteiger partial charge in [-0.15, -0.1) is 5.10 Å². The Kier molecular flexibility index (Phi) is 4.47. The van der Waals surface area contributed by atoms with E-state index in [1.807, 2.05) is 45.3 Å². The van der Waals surface area contributed by atoms with Gasteiger partial charge in [0.15, 0.2) is 0 Å². The summed E-state index contributed by atoms with van der Waals surface area (Å²) >= 11 is 1.42.